The monoisotopic (exact) mass is 365 g/mol. The van der Waals surface area contributed by atoms with Crippen LogP contribution in [0.1, 0.15) is 24.0 Å². The quantitative estimate of drug-likeness (QED) is 0.786. The van der Waals surface area contributed by atoms with Crippen LogP contribution in [0.15, 0.2) is 24.3 Å². The number of fused-ring (bicyclic) bond motifs is 1. The van der Waals surface area contributed by atoms with E-state index in [4.69, 9.17) is 0 Å². The summed E-state index contributed by atoms with van der Waals surface area (Å²) < 4.78 is 23.2. The Hall–Kier alpha value is -1.44. The number of nitrogens with zero attached hydrogens (tertiary/aromatic N) is 1. The number of rotatable bonds is 5. The first-order chi connectivity index (χ1) is 11.9. The number of nitrogens with one attached hydrogen (secondary N) is 2. The summed E-state index contributed by atoms with van der Waals surface area (Å²) in [6.45, 7) is 4.18. The minimum absolute atomic E-state index is 0.339. The Kier molecular flexibility index (Phi) is 5.46. The second kappa shape index (κ2) is 7.43. The summed E-state index contributed by atoms with van der Waals surface area (Å²) >= 11 is 0. The van der Waals surface area contributed by atoms with Crippen LogP contribution in [0.3, 0.4) is 0 Å². The molecule has 0 bridgehead atoms. The van der Waals surface area contributed by atoms with Crippen LogP contribution in [0, 0.1) is 0 Å². The summed E-state index contributed by atoms with van der Waals surface area (Å²) in [6, 6.07) is 8.44. The fourth-order valence-electron chi connectivity index (χ4n) is 3.83. The van der Waals surface area contributed by atoms with E-state index in [0.29, 0.717) is 32.5 Å². The topological polar surface area (TPSA) is 78.5 Å². The SMILES string of the molecule is CS(=O)(=O)C1(C(=O)NCCN2CCc3ccccc3C2)CCNCC1. The highest BCUT2D eigenvalue weighted by atomic mass is 32.2. The molecule has 1 aromatic rings. The van der Waals surface area contributed by atoms with Crippen LogP contribution in [0.25, 0.3) is 0 Å². The van der Waals surface area contributed by atoms with E-state index >= 15 is 0 Å². The molecular weight excluding hydrogens is 338 g/mol. The van der Waals surface area contributed by atoms with Gasteiger partial charge in [0.05, 0.1) is 0 Å². The summed E-state index contributed by atoms with van der Waals surface area (Å²) in [6.07, 6.45) is 2.88. The molecule has 1 saturated heterocycles. The second-order valence-electron chi connectivity index (χ2n) is 7.07. The molecule has 1 aromatic carbocycles. The zero-order valence-corrected chi connectivity index (χ0v) is 15.6. The third-order valence-electron chi connectivity index (χ3n) is 5.46. The summed E-state index contributed by atoms with van der Waals surface area (Å²) in [5.74, 6) is -0.339. The first kappa shape index (κ1) is 18.4. The van der Waals surface area contributed by atoms with Gasteiger partial charge in [-0.1, -0.05) is 24.3 Å². The number of amides is 1. The van der Waals surface area contributed by atoms with E-state index in [9.17, 15) is 13.2 Å². The molecule has 2 heterocycles. The predicted octanol–water partition coefficient (Wildman–Crippen LogP) is 0.328. The molecule has 138 valence electrons. The molecular formula is C18H27N3O3S. The van der Waals surface area contributed by atoms with Crippen molar-refractivity contribution in [3.8, 4) is 0 Å². The van der Waals surface area contributed by atoms with E-state index in [2.05, 4.69) is 39.8 Å². The summed E-state index contributed by atoms with van der Waals surface area (Å²) in [7, 11) is -3.45. The lowest BCUT2D eigenvalue weighted by molar-refractivity contribution is -0.124. The van der Waals surface area contributed by atoms with Gasteiger partial charge in [0.15, 0.2) is 14.6 Å². The Morgan fingerprint density at radius 1 is 1.24 bits per heavy atom. The van der Waals surface area contributed by atoms with Gasteiger partial charge in [0.25, 0.3) is 0 Å². The van der Waals surface area contributed by atoms with Gasteiger partial charge >= 0.3 is 0 Å². The summed E-state index contributed by atoms with van der Waals surface area (Å²) in [4.78, 5) is 15.0. The van der Waals surface area contributed by atoms with Gasteiger partial charge in [-0.3, -0.25) is 9.69 Å². The number of carbonyl (C=O) groups excluding carboxylic acids is 1. The molecule has 0 spiro atoms. The zero-order valence-electron chi connectivity index (χ0n) is 14.8. The molecule has 0 saturated carbocycles. The molecule has 0 aromatic heterocycles. The minimum Gasteiger partial charge on any atom is -0.353 e. The number of hydrogen-bond donors (Lipinski definition) is 2. The van der Waals surface area contributed by atoms with Crippen LogP contribution in [-0.2, 0) is 27.6 Å². The molecule has 0 atom stereocenters. The van der Waals surface area contributed by atoms with Crippen molar-refractivity contribution in [1.29, 1.82) is 0 Å². The van der Waals surface area contributed by atoms with Crippen molar-refractivity contribution in [2.24, 2.45) is 0 Å². The van der Waals surface area contributed by atoms with Crippen molar-refractivity contribution < 1.29 is 13.2 Å². The Labute approximate surface area is 149 Å². The van der Waals surface area contributed by atoms with Gasteiger partial charge in [-0.05, 0) is 43.5 Å². The van der Waals surface area contributed by atoms with E-state index < -0.39 is 14.6 Å². The molecule has 0 unspecified atom stereocenters. The Bertz CT molecular complexity index is 727. The van der Waals surface area contributed by atoms with E-state index in [0.717, 1.165) is 26.1 Å². The van der Waals surface area contributed by atoms with Crippen molar-refractivity contribution in [3.05, 3.63) is 35.4 Å². The van der Waals surface area contributed by atoms with Gasteiger partial charge in [-0.15, -0.1) is 0 Å². The van der Waals surface area contributed by atoms with Crippen LogP contribution in [-0.4, -0.2) is 63.0 Å². The number of sulfone groups is 1. The zero-order chi connectivity index (χ0) is 17.9. The molecule has 2 aliphatic rings. The standard InChI is InChI=1S/C18H27N3O3S/c1-25(23,24)18(7-9-19-10-8-18)17(22)20-11-13-21-12-6-15-4-2-3-5-16(15)14-21/h2-5,19H,6-14H2,1H3,(H,20,22). The van der Waals surface area contributed by atoms with Crippen molar-refractivity contribution in [2.45, 2.75) is 30.6 Å². The second-order valence-corrected chi connectivity index (χ2v) is 9.39. The molecule has 2 N–H and O–H groups in total. The van der Waals surface area contributed by atoms with Crippen LogP contribution < -0.4 is 10.6 Å². The number of carbonyl (C=O) groups is 1. The van der Waals surface area contributed by atoms with E-state index in [-0.39, 0.29) is 5.91 Å². The van der Waals surface area contributed by atoms with Gasteiger partial charge in [0.2, 0.25) is 5.91 Å². The third-order valence-corrected chi connectivity index (χ3v) is 7.47. The Morgan fingerprint density at radius 3 is 2.60 bits per heavy atom. The van der Waals surface area contributed by atoms with Crippen molar-refractivity contribution in [1.82, 2.24) is 15.5 Å². The van der Waals surface area contributed by atoms with Gasteiger partial charge in [-0.2, -0.15) is 0 Å². The lowest BCUT2D eigenvalue weighted by atomic mass is 9.96. The smallest absolute Gasteiger partial charge is 0.241 e. The third kappa shape index (κ3) is 3.88. The Balaban J connectivity index is 1.56. The molecule has 1 fully saturated rings. The highest BCUT2D eigenvalue weighted by Crippen LogP contribution is 2.28. The number of hydrogen-bond acceptors (Lipinski definition) is 5. The number of benzene rings is 1. The Morgan fingerprint density at radius 2 is 1.92 bits per heavy atom. The van der Waals surface area contributed by atoms with E-state index in [1.807, 2.05) is 0 Å². The number of piperidine rings is 1. The minimum atomic E-state index is -3.45. The van der Waals surface area contributed by atoms with Gasteiger partial charge in [0, 0.05) is 32.4 Å². The molecule has 7 heteroatoms. The average molecular weight is 365 g/mol. The van der Waals surface area contributed by atoms with Gasteiger partial charge < -0.3 is 10.6 Å². The normalized spacial score (nSPS) is 20.7. The lowest BCUT2D eigenvalue weighted by Gasteiger charge is -2.35. The van der Waals surface area contributed by atoms with Gasteiger partial charge in [-0.25, -0.2) is 8.42 Å². The van der Waals surface area contributed by atoms with E-state index in [1.54, 1.807) is 0 Å². The first-order valence-corrected chi connectivity index (χ1v) is 10.8. The fourth-order valence-corrected chi connectivity index (χ4v) is 5.19. The van der Waals surface area contributed by atoms with Crippen LogP contribution in [0.4, 0.5) is 0 Å². The highest BCUT2D eigenvalue weighted by Gasteiger charge is 2.48. The van der Waals surface area contributed by atoms with Crippen LogP contribution >= 0.6 is 0 Å². The highest BCUT2D eigenvalue weighted by molar-refractivity contribution is 7.92. The fraction of sp³-hybridized carbons (Fsp3) is 0.611. The van der Waals surface area contributed by atoms with Crippen LogP contribution in [0.2, 0.25) is 0 Å². The molecule has 2 aliphatic heterocycles. The maximum Gasteiger partial charge on any atom is 0.241 e. The molecule has 0 aliphatic carbocycles. The van der Waals surface area contributed by atoms with Crippen molar-refractivity contribution in [2.75, 3.05) is 39.0 Å². The largest absolute Gasteiger partial charge is 0.353 e. The first-order valence-electron chi connectivity index (χ1n) is 8.90. The lowest BCUT2D eigenvalue weighted by Crippen LogP contribution is -2.57. The van der Waals surface area contributed by atoms with Gasteiger partial charge in [0.1, 0.15) is 0 Å². The van der Waals surface area contributed by atoms with Crippen LogP contribution in [0.5, 0.6) is 0 Å². The summed E-state index contributed by atoms with van der Waals surface area (Å²) in [5.41, 5.74) is 2.74. The predicted molar refractivity (Wildman–Crippen MR) is 98.1 cm³/mol. The average Bonchev–Trinajstić information content (AvgIpc) is 2.61. The molecule has 3 rings (SSSR count). The maximum atomic E-state index is 12.7. The maximum absolute atomic E-state index is 12.7. The molecule has 25 heavy (non-hydrogen) atoms. The molecule has 6 nitrogen and oxygen atoms in total. The molecule has 0 radical (unpaired) electrons. The van der Waals surface area contributed by atoms with Crippen molar-refractivity contribution >= 4 is 15.7 Å². The molecule has 1 amide bonds. The van der Waals surface area contributed by atoms with Crippen molar-refractivity contribution in [3.63, 3.8) is 0 Å². The summed E-state index contributed by atoms with van der Waals surface area (Å²) in [5, 5.41) is 6.01. The van der Waals surface area contributed by atoms with E-state index in [1.165, 1.54) is 17.4 Å².